The molecule has 0 radical (unpaired) electrons. The first-order chi connectivity index (χ1) is 14.4. The lowest BCUT2D eigenvalue weighted by atomic mass is 9.80. The number of carbonyl (C=O) groups is 1. The van der Waals surface area contributed by atoms with Crippen molar-refractivity contribution in [3.63, 3.8) is 0 Å². The third-order valence-electron chi connectivity index (χ3n) is 6.06. The van der Waals surface area contributed by atoms with Crippen molar-refractivity contribution in [2.75, 3.05) is 19.7 Å². The van der Waals surface area contributed by atoms with Crippen LogP contribution in [0.5, 0.6) is 0 Å². The lowest BCUT2D eigenvalue weighted by Crippen LogP contribution is -2.54. The zero-order valence-electron chi connectivity index (χ0n) is 16.9. The van der Waals surface area contributed by atoms with E-state index in [-0.39, 0.29) is 19.7 Å². The van der Waals surface area contributed by atoms with Gasteiger partial charge in [-0.2, -0.15) is 0 Å². The van der Waals surface area contributed by atoms with Gasteiger partial charge in [0.05, 0.1) is 13.2 Å². The number of morpholine rings is 1. The van der Waals surface area contributed by atoms with Crippen LogP contribution < -0.4 is 0 Å². The van der Waals surface area contributed by atoms with Gasteiger partial charge in [0, 0.05) is 18.5 Å². The van der Waals surface area contributed by atoms with Crippen LogP contribution in [0.25, 0.3) is 11.1 Å². The molecule has 0 aliphatic carbocycles. The number of aryl methyl sites for hydroxylation is 1. The van der Waals surface area contributed by atoms with Gasteiger partial charge in [0.25, 0.3) is 0 Å². The van der Waals surface area contributed by atoms with Crippen LogP contribution in [0.4, 0.5) is 9.18 Å². The van der Waals surface area contributed by atoms with Gasteiger partial charge in [-0.25, -0.2) is 9.18 Å². The second-order valence-electron chi connectivity index (χ2n) is 7.81. The van der Waals surface area contributed by atoms with Crippen molar-refractivity contribution >= 4 is 6.09 Å². The minimum Gasteiger partial charge on any atom is -0.465 e. The van der Waals surface area contributed by atoms with E-state index in [2.05, 4.69) is 0 Å². The summed E-state index contributed by atoms with van der Waals surface area (Å²) in [5.74, 6) is -0.393. The van der Waals surface area contributed by atoms with Crippen molar-refractivity contribution in [1.29, 1.82) is 0 Å². The molecule has 2 fully saturated rings. The van der Waals surface area contributed by atoms with Gasteiger partial charge >= 0.3 is 6.09 Å². The lowest BCUT2D eigenvalue weighted by molar-refractivity contribution is -0.205. The standard InChI is InChI=1S/C23H26FNO5/c1-2-15-5-3-6-16(13-15)21-17(7-4-8-18(21)24)23(10-9-20(26)30-23)19-14-25(22(27)28)11-12-29-19/h3-8,13,19-20,26H,2,9-12,14H2,1H3,(H,27,28)/t19-,20?,23+/m1/s1. The summed E-state index contributed by atoms with van der Waals surface area (Å²) in [6.45, 7) is 2.61. The van der Waals surface area contributed by atoms with E-state index in [0.29, 0.717) is 24.0 Å². The molecule has 1 unspecified atom stereocenters. The third kappa shape index (κ3) is 3.69. The first kappa shape index (κ1) is 20.8. The van der Waals surface area contributed by atoms with Crippen LogP contribution in [-0.4, -0.2) is 53.3 Å². The van der Waals surface area contributed by atoms with Crippen molar-refractivity contribution < 1.29 is 28.9 Å². The molecular formula is C23H26FNO5. The van der Waals surface area contributed by atoms with Crippen LogP contribution in [0.1, 0.15) is 30.9 Å². The summed E-state index contributed by atoms with van der Waals surface area (Å²) in [5.41, 5.74) is 1.63. The number of aliphatic hydroxyl groups excluding tert-OH is 1. The molecule has 0 spiro atoms. The molecule has 2 heterocycles. The van der Waals surface area contributed by atoms with Gasteiger partial charge in [-0.3, -0.25) is 0 Å². The van der Waals surface area contributed by atoms with Crippen LogP contribution in [0.15, 0.2) is 42.5 Å². The van der Waals surface area contributed by atoms with Gasteiger partial charge < -0.3 is 24.6 Å². The average Bonchev–Trinajstić information content (AvgIpc) is 3.16. The molecule has 2 aliphatic rings. The van der Waals surface area contributed by atoms with Crippen molar-refractivity contribution in [2.24, 2.45) is 0 Å². The predicted octanol–water partition coefficient (Wildman–Crippen LogP) is 3.76. The molecule has 2 aromatic carbocycles. The van der Waals surface area contributed by atoms with Crippen LogP contribution in [0.3, 0.4) is 0 Å². The molecule has 30 heavy (non-hydrogen) atoms. The summed E-state index contributed by atoms with van der Waals surface area (Å²) < 4.78 is 27.2. The zero-order valence-corrected chi connectivity index (χ0v) is 16.9. The van der Waals surface area contributed by atoms with E-state index < -0.39 is 29.9 Å². The monoisotopic (exact) mass is 415 g/mol. The maximum atomic E-state index is 15.2. The van der Waals surface area contributed by atoms with Crippen LogP contribution in [0.2, 0.25) is 0 Å². The smallest absolute Gasteiger partial charge is 0.407 e. The Bertz CT molecular complexity index is 936. The van der Waals surface area contributed by atoms with Crippen LogP contribution >= 0.6 is 0 Å². The van der Waals surface area contributed by atoms with E-state index in [1.165, 1.54) is 11.0 Å². The maximum absolute atomic E-state index is 15.2. The molecule has 2 aliphatic heterocycles. The molecule has 6 nitrogen and oxygen atoms in total. The molecule has 1 amide bonds. The summed E-state index contributed by atoms with van der Waals surface area (Å²) in [5, 5.41) is 19.7. The molecule has 2 aromatic rings. The van der Waals surface area contributed by atoms with Crippen LogP contribution in [0, 0.1) is 5.82 Å². The highest BCUT2D eigenvalue weighted by molar-refractivity contribution is 5.70. The number of benzene rings is 2. The molecule has 2 N–H and O–H groups in total. The van der Waals surface area contributed by atoms with Gasteiger partial charge in [0.2, 0.25) is 0 Å². The van der Waals surface area contributed by atoms with Crippen LogP contribution in [-0.2, 0) is 21.5 Å². The van der Waals surface area contributed by atoms with Crippen molar-refractivity contribution in [3.8, 4) is 11.1 Å². The number of amides is 1. The molecule has 160 valence electrons. The molecule has 0 saturated carbocycles. The normalized spacial score (nSPS) is 26.7. The summed E-state index contributed by atoms with van der Waals surface area (Å²) in [6, 6.07) is 12.5. The minimum absolute atomic E-state index is 0.0903. The quantitative estimate of drug-likeness (QED) is 0.795. The Morgan fingerprint density at radius 3 is 2.80 bits per heavy atom. The fourth-order valence-electron chi connectivity index (χ4n) is 4.53. The first-order valence-corrected chi connectivity index (χ1v) is 10.3. The molecular weight excluding hydrogens is 389 g/mol. The van der Waals surface area contributed by atoms with Gasteiger partial charge in [0.1, 0.15) is 17.5 Å². The van der Waals surface area contributed by atoms with Crippen molar-refractivity contribution in [2.45, 2.75) is 44.2 Å². The van der Waals surface area contributed by atoms with E-state index in [4.69, 9.17) is 9.47 Å². The number of aliphatic hydroxyl groups is 1. The fraction of sp³-hybridized carbons (Fsp3) is 0.435. The van der Waals surface area contributed by atoms with E-state index in [1.54, 1.807) is 12.1 Å². The van der Waals surface area contributed by atoms with E-state index >= 15 is 4.39 Å². The second-order valence-corrected chi connectivity index (χ2v) is 7.81. The molecule has 0 bridgehead atoms. The Morgan fingerprint density at radius 2 is 2.10 bits per heavy atom. The number of nitrogens with zero attached hydrogens (tertiary/aromatic N) is 1. The Morgan fingerprint density at radius 1 is 1.30 bits per heavy atom. The Labute approximate surface area is 174 Å². The fourth-order valence-corrected chi connectivity index (χ4v) is 4.53. The number of hydrogen-bond donors (Lipinski definition) is 2. The summed E-state index contributed by atoms with van der Waals surface area (Å²) in [4.78, 5) is 12.8. The number of rotatable bonds is 4. The number of hydrogen-bond acceptors (Lipinski definition) is 4. The van der Waals surface area contributed by atoms with Gasteiger partial charge in [-0.1, -0.05) is 43.3 Å². The molecule has 3 atom stereocenters. The van der Waals surface area contributed by atoms with Gasteiger partial charge in [-0.05, 0) is 35.6 Å². The summed E-state index contributed by atoms with van der Waals surface area (Å²) in [7, 11) is 0. The SMILES string of the molecule is CCc1cccc(-c2c(F)cccc2[C@]2([C@H]3CN(C(=O)O)CCO3)CCC(O)O2)c1. The first-order valence-electron chi connectivity index (χ1n) is 10.3. The molecule has 2 saturated heterocycles. The average molecular weight is 415 g/mol. The van der Waals surface area contributed by atoms with E-state index in [1.807, 2.05) is 31.2 Å². The Hall–Kier alpha value is -2.48. The molecule has 0 aromatic heterocycles. The zero-order chi connectivity index (χ0) is 21.3. The Balaban J connectivity index is 1.85. The second kappa shape index (κ2) is 8.34. The highest BCUT2D eigenvalue weighted by atomic mass is 19.1. The topological polar surface area (TPSA) is 79.2 Å². The predicted molar refractivity (Wildman–Crippen MR) is 109 cm³/mol. The number of carboxylic acid groups (broad SMARTS) is 1. The van der Waals surface area contributed by atoms with E-state index in [9.17, 15) is 15.0 Å². The highest BCUT2D eigenvalue weighted by Gasteiger charge is 2.51. The lowest BCUT2D eigenvalue weighted by Gasteiger charge is -2.42. The van der Waals surface area contributed by atoms with Crippen molar-refractivity contribution in [1.82, 2.24) is 4.90 Å². The Kier molecular flexibility index (Phi) is 5.77. The largest absolute Gasteiger partial charge is 0.465 e. The highest BCUT2D eigenvalue weighted by Crippen LogP contribution is 2.47. The third-order valence-corrected chi connectivity index (χ3v) is 6.06. The molecule has 7 heteroatoms. The number of halogens is 1. The van der Waals surface area contributed by atoms with E-state index in [0.717, 1.165) is 17.5 Å². The molecule has 4 rings (SSSR count). The summed E-state index contributed by atoms with van der Waals surface area (Å²) >= 11 is 0. The maximum Gasteiger partial charge on any atom is 0.407 e. The van der Waals surface area contributed by atoms with Gasteiger partial charge in [-0.15, -0.1) is 0 Å². The van der Waals surface area contributed by atoms with Gasteiger partial charge in [0.15, 0.2) is 6.29 Å². The minimum atomic E-state index is -1.15. The number of ether oxygens (including phenoxy) is 2. The summed E-state index contributed by atoms with van der Waals surface area (Å²) in [6.07, 6.45) is -1.14. The van der Waals surface area contributed by atoms with Crippen molar-refractivity contribution in [3.05, 3.63) is 59.4 Å².